The molecule has 1 saturated carbocycles. The van der Waals surface area contributed by atoms with E-state index in [1.807, 2.05) is 30.3 Å². The van der Waals surface area contributed by atoms with Crippen molar-refractivity contribution in [2.24, 2.45) is 11.8 Å². The van der Waals surface area contributed by atoms with Crippen LogP contribution in [0.15, 0.2) is 51.8 Å². The fraction of sp³-hybridized carbons (Fsp3) is 0.429. The van der Waals surface area contributed by atoms with E-state index < -0.39 is 9.84 Å². The van der Waals surface area contributed by atoms with Crippen LogP contribution in [0.5, 0.6) is 0 Å². The summed E-state index contributed by atoms with van der Waals surface area (Å²) in [6, 6.07) is 13.5. The standard InChI is InChI=1S/C21H23BrClNO2S/c22-18-11-21-20(12-19(18)23)24(17-9-5-2-6-10-17)13-16(14-27(21,25)26)15-7-3-1-4-8-15/h2,5-6,9-12,15-16H,1,3-4,7-8,13-14H2. The molecule has 2 aliphatic rings. The second kappa shape index (κ2) is 7.76. The molecule has 1 atom stereocenters. The van der Waals surface area contributed by atoms with E-state index in [1.54, 1.807) is 12.1 Å². The quantitative estimate of drug-likeness (QED) is 0.524. The Bertz CT molecular complexity index is 927. The molecule has 0 N–H and O–H groups in total. The Morgan fingerprint density at radius 1 is 1.00 bits per heavy atom. The Labute approximate surface area is 174 Å². The van der Waals surface area contributed by atoms with Crippen molar-refractivity contribution < 1.29 is 8.42 Å². The summed E-state index contributed by atoms with van der Waals surface area (Å²) in [4.78, 5) is 2.53. The van der Waals surface area contributed by atoms with Crippen LogP contribution in [0, 0.1) is 11.8 Å². The molecule has 6 heteroatoms. The molecule has 0 amide bonds. The maximum absolute atomic E-state index is 13.3. The number of nitrogens with zero attached hydrogens (tertiary/aromatic N) is 1. The number of hydrogen-bond acceptors (Lipinski definition) is 3. The number of hydrogen-bond donors (Lipinski definition) is 0. The van der Waals surface area contributed by atoms with Gasteiger partial charge in [-0.3, -0.25) is 0 Å². The molecule has 2 aromatic rings. The molecule has 0 bridgehead atoms. The summed E-state index contributed by atoms with van der Waals surface area (Å²) in [5.74, 6) is 0.802. The summed E-state index contributed by atoms with van der Waals surface area (Å²) in [6.07, 6.45) is 5.93. The van der Waals surface area contributed by atoms with Gasteiger partial charge in [-0.2, -0.15) is 0 Å². The minimum absolute atomic E-state index is 0.125. The second-order valence-corrected chi connectivity index (χ2v) is 10.9. The van der Waals surface area contributed by atoms with Crippen LogP contribution in [0.4, 0.5) is 11.4 Å². The number of anilines is 2. The highest BCUT2D eigenvalue weighted by Gasteiger charge is 2.36. The van der Waals surface area contributed by atoms with Crippen molar-refractivity contribution in [1.82, 2.24) is 0 Å². The maximum atomic E-state index is 13.3. The van der Waals surface area contributed by atoms with Gasteiger partial charge in [0.05, 0.1) is 21.4 Å². The van der Waals surface area contributed by atoms with Gasteiger partial charge in [-0.1, -0.05) is 61.9 Å². The van der Waals surface area contributed by atoms with Crippen molar-refractivity contribution in [1.29, 1.82) is 0 Å². The topological polar surface area (TPSA) is 37.4 Å². The number of sulfone groups is 1. The lowest BCUT2D eigenvalue weighted by Crippen LogP contribution is -2.32. The van der Waals surface area contributed by atoms with Gasteiger partial charge in [-0.25, -0.2) is 8.42 Å². The number of halogens is 2. The van der Waals surface area contributed by atoms with E-state index in [1.165, 1.54) is 19.3 Å². The minimum Gasteiger partial charge on any atom is -0.340 e. The van der Waals surface area contributed by atoms with Crippen LogP contribution in [0.3, 0.4) is 0 Å². The van der Waals surface area contributed by atoms with Crippen LogP contribution in [0.2, 0.25) is 5.02 Å². The maximum Gasteiger partial charge on any atom is 0.180 e. The normalized spacial score (nSPS) is 22.9. The van der Waals surface area contributed by atoms with Crippen molar-refractivity contribution in [3.8, 4) is 0 Å². The molecule has 1 aliphatic heterocycles. The van der Waals surface area contributed by atoms with Crippen LogP contribution in [0.1, 0.15) is 32.1 Å². The molecule has 0 radical (unpaired) electrons. The number of fused-ring (bicyclic) bond motifs is 1. The highest BCUT2D eigenvalue weighted by atomic mass is 79.9. The van der Waals surface area contributed by atoms with E-state index in [0.29, 0.717) is 32.5 Å². The van der Waals surface area contributed by atoms with Crippen LogP contribution >= 0.6 is 27.5 Å². The Balaban J connectivity index is 1.85. The van der Waals surface area contributed by atoms with Crippen LogP contribution in [0.25, 0.3) is 0 Å². The molecule has 144 valence electrons. The van der Waals surface area contributed by atoms with Crippen molar-refractivity contribution in [2.75, 3.05) is 17.2 Å². The first kappa shape index (κ1) is 19.3. The first-order valence-corrected chi connectivity index (χ1v) is 12.3. The summed E-state index contributed by atoms with van der Waals surface area (Å²) in [5.41, 5.74) is 1.70. The Hall–Kier alpha value is -1.04. The van der Waals surface area contributed by atoms with Gasteiger partial charge in [-0.05, 0) is 52.0 Å². The van der Waals surface area contributed by atoms with Crippen molar-refractivity contribution in [3.05, 3.63) is 52.0 Å². The van der Waals surface area contributed by atoms with Gasteiger partial charge < -0.3 is 4.90 Å². The van der Waals surface area contributed by atoms with E-state index in [-0.39, 0.29) is 11.7 Å². The summed E-state index contributed by atoms with van der Waals surface area (Å²) >= 11 is 9.77. The zero-order chi connectivity index (χ0) is 19.0. The number of benzene rings is 2. The molecule has 1 unspecified atom stereocenters. The third kappa shape index (κ3) is 3.92. The molecule has 2 aromatic carbocycles. The fourth-order valence-electron chi connectivity index (χ4n) is 4.48. The molecule has 1 heterocycles. The summed E-state index contributed by atoms with van der Waals surface area (Å²) in [7, 11) is -3.39. The van der Waals surface area contributed by atoms with Gasteiger partial charge in [0, 0.05) is 16.7 Å². The highest BCUT2D eigenvalue weighted by molar-refractivity contribution is 9.10. The second-order valence-electron chi connectivity index (χ2n) is 7.62. The summed E-state index contributed by atoms with van der Waals surface area (Å²) in [6.45, 7) is 0.707. The monoisotopic (exact) mass is 467 g/mol. The van der Waals surface area contributed by atoms with Gasteiger partial charge in [0.1, 0.15) is 0 Å². The van der Waals surface area contributed by atoms with E-state index in [4.69, 9.17) is 11.6 Å². The van der Waals surface area contributed by atoms with Crippen molar-refractivity contribution in [2.45, 2.75) is 37.0 Å². The molecule has 27 heavy (non-hydrogen) atoms. The molecular weight excluding hydrogens is 446 g/mol. The van der Waals surface area contributed by atoms with Crippen LogP contribution in [-0.4, -0.2) is 20.7 Å². The van der Waals surface area contributed by atoms with Gasteiger partial charge in [0.2, 0.25) is 0 Å². The predicted molar refractivity (Wildman–Crippen MR) is 115 cm³/mol. The van der Waals surface area contributed by atoms with Gasteiger partial charge in [0.15, 0.2) is 9.84 Å². The average Bonchev–Trinajstić information content (AvgIpc) is 2.78. The third-order valence-corrected chi connectivity index (χ3v) is 8.92. The Kier molecular flexibility index (Phi) is 5.55. The molecule has 1 fully saturated rings. The predicted octanol–water partition coefficient (Wildman–Crippen LogP) is 6.22. The van der Waals surface area contributed by atoms with E-state index in [2.05, 4.69) is 20.8 Å². The molecule has 4 rings (SSSR count). The Morgan fingerprint density at radius 3 is 2.41 bits per heavy atom. The number of rotatable bonds is 2. The SMILES string of the molecule is O=S1(=O)CC(C2CCCCC2)CN(c2ccccc2)c2cc(Cl)c(Br)cc21. The molecular formula is C21H23BrClNO2S. The first-order chi connectivity index (χ1) is 13.0. The summed E-state index contributed by atoms with van der Waals surface area (Å²) in [5, 5.41) is 0.529. The largest absolute Gasteiger partial charge is 0.340 e. The van der Waals surface area contributed by atoms with Gasteiger partial charge >= 0.3 is 0 Å². The lowest BCUT2D eigenvalue weighted by molar-refractivity contribution is 0.270. The number of para-hydroxylation sites is 1. The zero-order valence-electron chi connectivity index (χ0n) is 15.1. The lowest BCUT2D eigenvalue weighted by Gasteiger charge is -2.33. The van der Waals surface area contributed by atoms with E-state index in [9.17, 15) is 8.42 Å². The Morgan fingerprint density at radius 2 is 1.70 bits per heavy atom. The highest BCUT2D eigenvalue weighted by Crippen LogP contribution is 2.43. The van der Waals surface area contributed by atoms with Gasteiger partial charge in [-0.15, -0.1) is 0 Å². The fourth-order valence-corrected chi connectivity index (χ4v) is 7.04. The van der Waals surface area contributed by atoms with Crippen molar-refractivity contribution in [3.63, 3.8) is 0 Å². The average molecular weight is 469 g/mol. The minimum atomic E-state index is -3.39. The van der Waals surface area contributed by atoms with Crippen molar-refractivity contribution >= 4 is 48.7 Å². The third-order valence-electron chi connectivity index (χ3n) is 5.86. The lowest BCUT2D eigenvalue weighted by atomic mass is 9.80. The zero-order valence-corrected chi connectivity index (χ0v) is 18.2. The van der Waals surface area contributed by atoms with E-state index in [0.717, 1.165) is 18.5 Å². The van der Waals surface area contributed by atoms with Crippen LogP contribution < -0.4 is 4.90 Å². The smallest absolute Gasteiger partial charge is 0.180 e. The molecule has 0 aromatic heterocycles. The molecule has 1 aliphatic carbocycles. The van der Waals surface area contributed by atoms with E-state index >= 15 is 0 Å². The molecule has 0 saturated heterocycles. The summed E-state index contributed by atoms with van der Waals surface area (Å²) < 4.78 is 27.2. The molecule has 0 spiro atoms. The first-order valence-electron chi connectivity index (χ1n) is 9.50. The van der Waals surface area contributed by atoms with Gasteiger partial charge in [0.25, 0.3) is 0 Å². The molecule has 3 nitrogen and oxygen atoms in total. The van der Waals surface area contributed by atoms with Crippen LogP contribution in [-0.2, 0) is 9.84 Å².